The molecule has 19 heavy (non-hydrogen) atoms. The number of urea groups is 1. The molecular weight excluding hydrogens is 248 g/mol. The fourth-order valence-corrected chi connectivity index (χ4v) is 2.09. The zero-order valence-electron chi connectivity index (χ0n) is 12.0. The molecule has 0 aromatic carbocycles. The summed E-state index contributed by atoms with van der Waals surface area (Å²) in [6.45, 7) is 8.49. The number of nitrogens with one attached hydrogen (secondary N) is 1. The Labute approximate surface area is 114 Å². The number of carbonyl (C=O) groups is 2. The maximum absolute atomic E-state index is 12.2. The van der Waals surface area contributed by atoms with E-state index in [9.17, 15) is 14.7 Å². The van der Waals surface area contributed by atoms with Gasteiger partial charge in [0.15, 0.2) is 0 Å². The molecule has 1 aliphatic heterocycles. The third-order valence-electron chi connectivity index (χ3n) is 3.63. The molecule has 1 aliphatic rings. The van der Waals surface area contributed by atoms with Gasteiger partial charge in [-0.1, -0.05) is 20.3 Å². The molecule has 0 spiro atoms. The zero-order chi connectivity index (χ0) is 14.6. The van der Waals surface area contributed by atoms with Crippen molar-refractivity contribution in [3.05, 3.63) is 0 Å². The molecule has 4 atom stereocenters. The minimum Gasteiger partial charge on any atom is -0.480 e. The maximum atomic E-state index is 12.2. The van der Waals surface area contributed by atoms with Crippen LogP contribution >= 0.6 is 0 Å². The lowest BCUT2D eigenvalue weighted by atomic mass is 9.99. The van der Waals surface area contributed by atoms with E-state index in [1.165, 1.54) is 0 Å². The van der Waals surface area contributed by atoms with Crippen molar-refractivity contribution in [3.8, 4) is 0 Å². The largest absolute Gasteiger partial charge is 0.480 e. The molecule has 1 saturated heterocycles. The van der Waals surface area contributed by atoms with E-state index in [-0.39, 0.29) is 24.1 Å². The minimum absolute atomic E-state index is 0.0196. The first-order chi connectivity index (χ1) is 8.86. The number of rotatable bonds is 4. The molecule has 0 aromatic heterocycles. The van der Waals surface area contributed by atoms with Crippen molar-refractivity contribution in [3.63, 3.8) is 0 Å². The first-order valence-corrected chi connectivity index (χ1v) is 6.78. The second-order valence-corrected chi connectivity index (χ2v) is 5.30. The van der Waals surface area contributed by atoms with Crippen molar-refractivity contribution in [2.75, 3.05) is 13.2 Å². The van der Waals surface area contributed by atoms with Crippen LogP contribution in [0.15, 0.2) is 0 Å². The molecule has 2 amide bonds. The standard InChI is InChI=1S/C13H24N2O4/c1-5-8(2)11(12(16)17)14-13(18)15-6-10(4)19-7-9(15)3/h8-11H,5-7H2,1-4H3,(H,14,18)(H,16,17)/t8?,9?,10?,11-/m0/s1. The molecule has 1 rings (SSSR count). The summed E-state index contributed by atoms with van der Waals surface area (Å²) in [4.78, 5) is 25.0. The van der Waals surface area contributed by atoms with Crippen molar-refractivity contribution in [1.29, 1.82) is 0 Å². The number of amides is 2. The summed E-state index contributed by atoms with van der Waals surface area (Å²) in [5, 5.41) is 11.8. The van der Waals surface area contributed by atoms with Gasteiger partial charge in [0, 0.05) is 6.54 Å². The van der Waals surface area contributed by atoms with Crippen molar-refractivity contribution in [1.82, 2.24) is 10.2 Å². The van der Waals surface area contributed by atoms with Crippen molar-refractivity contribution < 1.29 is 19.4 Å². The summed E-state index contributed by atoms with van der Waals surface area (Å²) in [5.74, 6) is -1.09. The minimum atomic E-state index is -0.989. The van der Waals surface area contributed by atoms with Crippen LogP contribution in [-0.2, 0) is 9.53 Å². The highest BCUT2D eigenvalue weighted by Crippen LogP contribution is 2.13. The molecule has 0 aromatic rings. The van der Waals surface area contributed by atoms with E-state index >= 15 is 0 Å². The summed E-state index contributed by atoms with van der Waals surface area (Å²) in [5.41, 5.74) is 0. The van der Waals surface area contributed by atoms with Crippen LogP contribution in [0.4, 0.5) is 4.79 Å². The van der Waals surface area contributed by atoms with Crippen molar-refractivity contribution in [2.24, 2.45) is 5.92 Å². The fraction of sp³-hybridized carbons (Fsp3) is 0.846. The van der Waals surface area contributed by atoms with Crippen LogP contribution in [0.2, 0.25) is 0 Å². The van der Waals surface area contributed by atoms with E-state index in [2.05, 4.69) is 5.32 Å². The number of carbonyl (C=O) groups excluding carboxylic acids is 1. The van der Waals surface area contributed by atoms with Crippen LogP contribution in [-0.4, -0.2) is 53.3 Å². The Morgan fingerprint density at radius 1 is 1.47 bits per heavy atom. The van der Waals surface area contributed by atoms with Gasteiger partial charge in [-0.3, -0.25) is 0 Å². The molecule has 1 fully saturated rings. The van der Waals surface area contributed by atoms with Crippen LogP contribution in [0.5, 0.6) is 0 Å². The summed E-state index contributed by atoms with van der Waals surface area (Å²) < 4.78 is 5.45. The lowest BCUT2D eigenvalue weighted by Crippen LogP contribution is -2.57. The number of hydrogen-bond acceptors (Lipinski definition) is 3. The molecule has 0 saturated carbocycles. The monoisotopic (exact) mass is 272 g/mol. The second-order valence-electron chi connectivity index (χ2n) is 5.30. The van der Waals surface area contributed by atoms with Crippen LogP contribution in [0.3, 0.4) is 0 Å². The van der Waals surface area contributed by atoms with E-state index in [4.69, 9.17) is 4.74 Å². The quantitative estimate of drug-likeness (QED) is 0.808. The van der Waals surface area contributed by atoms with Crippen LogP contribution in [0.25, 0.3) is 0 Å². The van der Waals surface area contributed by atoms with Gasteiger partial charge in [-0.05, 0) is 19.8 Å². The Kier molecular flexibility index (Phi) is 5.60. The Hall–Kier alpha value is -1.30. The highest BCUT2D eigenvalue weighted by molar-refractivity contribution is 5.83. The van der Waals surface area contributed by atoms with E-state index in [0.717, 1.165) is 0 Å². The summed E-state index contributed by atoms with van der Waals surface area (Å²) >= 11 is 0. The number of carboxylic acids is 1. The Bertz CT molecular complexity index is 335. The first-order valence-electron chi connectivity index (χ1n) is 6.78. The third-order valence-corrected chi connectivity index (χ3v) is 3.63. The van der Waals surface area contributed by atoms with Crippen LogP contribution < -0.4 is 5.32 Å². The van der Waals surface area contributed by atoms with Gasteiger partial charge in [-0.2, -0.15) is 0 Å². The van der Waals surface area contributed by atoms with Crippen molar-refractivity contribution >= 4 is 12.0 Å². The number of ether oxygens (including phenoxy) is 1. The summed E-state index contributed by atoms with van der Waals surface area (Å²) in [7, 11) is 0. The molecule has 0 radical (unpaired) electrons. The zero-order valence-corrected chi connectivity index (χ0v) is 12.0. The van der Waals surface area contributed by atoms with Crippen molar-refractivity contribution in [2.45, 2.75) is 52.3 Å². The second kappa shape index (κ2) is 6.75. The third kappa shape index (κ3) is 4.09. The van der Waals surface area contributed by atoms with Crippen LogP contribution in [0, 0.1) is 5.92 Å². The number of aliphatic carboxylic acids is 1. The molecule has 6 heteroatoms. The molecular formula is C13H24N2O4. The SMILES string of the molecule is CCC(C)[C@H](NC(=O)N1CC(C)OCC1C)C(=O)O. The van der Waals surface area contributed by atoms with Gasteiger partial charge in [0.1, 0.15) is 6.04 Å². The van der Waals surface area contributed by atoms with Gasteiger partial charge in [0.2, 0.25) is 0 Å². The lowest BCUT2D eigenvalue weighted by molar-refractivity contribution is -0.140. The molecule has 0 bridgehead atoms. The number of morpholine rings is 1. The molecule has 6 nitrogen and oxygen atoms in total. The van der Waals surface area contributed by atoms with Gasteiger partial charge < -0.3 is 20.1 Å². The lowest BCUT2D eigenvalue weighted by Gasteiger charge is -2.37. The number of hydrogen-bond donors (Lipinski definition) is 2. The Morgan fingerprint density at radius 2 is 2.11 bits per heavy atom. The average molecular weight is 272 g/mol. The number of nitrogens with zero attached hydrogens (tertiary/aromatic N) is 1. The molecule has 1 heterocycles. The van der Waals surface area contributed by atoms with Crippen LogP contribution in [0.1, 0.15) is 34.1 Å². The van der Waals surface area contributed by atoms with Gasteiger partial charge in [-0.15, -0.1) is 0 Å². The van der Waals surface area contributed by atoms with Gasteiger partial charge in [0.05, 0.1) is 18.8 Å². The van der Waals surface area contributed by atoms with E-state index < -0.39 is 12.0 Å². The molecule has 2 N–H and O–H groups in total. The first kappa shape index (κ1) is 15.8. The Balaban J connectivity index is 2.68. The highest BCUT2D eigenvalue weighted by atomic mass is 16.5. The van der Waals surface area contributed by atoms with E-state index in [0.29, 0.717) is 19.6 Å². The Morgan fingerprint density at radius 3 is 2.63 bits per heavy atom. The normalized spacial score (nSPS) is 26.6. The van der Waals surface area contributed by atoms with E-state index in [1.54, 1.807) is 4.90 Å². The maximum Gasteiger partial charge on any atom is 0.326 e. The fourth-order valence-electron chi connectivity index (χ4n) is 2.09. The smallest absolute Gasteiger partial charge is 0.326 e. The molecule has 110 valence electrons. The average Bonchev–Trinajstić information content (AvgIpc) is 2.37. The van der Waals surface area contributed by atoms with Gasteiger partial charge in [-0.25, -0.2) is 9.59 Å². The van der Waals surface area contributed by atoms with Gasteiger partial charge >= 0.3 is 12.0 Å². The topological polar surface area (TPSA) is 78.9 Å². The predicted molar refractivity (Wildman–Crippen MR) is 71.0 cm³/mol. The van der Waals surface area contributed by atoms with Gasteiger partial charge in [0.25, 0.3) is 0 Å². The predicted octanol–water partition coefficient (Wildman–Crippen LogP) is 1.30. The molecule has 3 unspecified atom stereocenters. The number of carboxylic acid groups (broad SMARTS) is 1. The summed E-state index contributed by atoms with van der Waals surface area (Å²) in [6, 6.07) is -1.21. The summed E-state index contributed by atoms with van der Waals surface area (Å²) in [6.07, 6.45) is 0.681. The van der Waals surface area contributed by atoms with E-state index in [1.807, 2.05) is 27.7 Å². The molecule has 0 aliphatic carbocycles. The highest BCUT2D eigenvalue weighted by Gasteiger charge is 2.32.